The third kappa shape index (κ3) is 3.63. The van der Waals surface area contributed by atoms with Crippen LogP contribution in [0.4, 0.5) is 5.69 Å². The molecule has 0 bridgehead atoms. The molecule has 3 heterocycles. The summed E-state index contributed by atoms with van der Waals surface area (Å²) < 4.78 is 31.1. The average Bonchev–Trinajstić information content (AvgIpc) is 2.92. The van der Waals surface area contributed by atoms with Crippen molar-refractivity contribution in [2.75, 3.05) is 11.9 Å². The van der Waals surface area contributed by atoms with Crippen molar-refractivity contribution in [2.24, 2.45) is 10.7 Å². The summed E-state index contributed by atoms with van der Waals surface area (Å²) in [7, 11) is -3.61. The molecule has 0 radical (unpaired) electrons. The number of aliphatic imine (C=N–C) groups is 1. The van der Waals surface area contributed by atoms with E-state index in [1.807, 2.05) is 6.92 Å². The average molecular weight is 477 g/mol. The van der Waals surface area contributed by atoms with E-state index in [0.717, 1.165) is 5.56 Å². The van der Waals surface area contributed by atoms with E-state index in [-0.39, 0.29) is 24.0 Å². The highest BCUT2D eigenvalue weighted by molar-refractivity contribution is 7.94. The lowest BCUT2D eigenvalue weighted by molar-refractivity contribution is 0.102. The molecule has 0 saturated heterocycles. The van der Waals surface area contributed by atoms with Crippen LogP contribution in [0.5, 0.6) is 5.75 Å². The normalized spacial score (nSPS) is 23.1. The third-order valence-corrected chi connectivity index (χ3v) is 9.26. The van der Waals surface area contributed by atoms with Crippen LogP contribution in [0.25, 0.3) is 0 Å². The molecule has 1 aromatic carbocycles. The lowest BCUT2D eigenvalue weighted by Gasteiger charge is -2.37. The maximum atomic E-state index is 13.3. The van der Waals surface area contributed by atoms with E-state index in [1.165, 1.54) is 6.20 Å². The first-order valence-electron chi connectivity index (χ1n) is 10.4. The SMILES string of the molecule is CCc1cc(Cl)cnc1C(=O)Nc1ccc2c(c1)C1N=C(N)C(C)(C)S(=O)(=O)C1CCO2. The molecule has 1 amide bonds. The molecule has 0 aliphatic carbocycles. The van der Waals surface area contributed by atoms with Gasteiger partial charge in [-0.3, -0.25) is 9.79 Å². The van der Waals surface area contributed by atoms with Gasteiger partial charge in [0.2, 0.25) is 0 Å². The maximum absolute atomic E-state index is 13.3. The van der Waals surface area contributed by atoms with Gasteiger partial charge in [0.05, 0.1) is 22.9 Å². The number of ether oxygens (including phenoxy) is 1. The Hall–Kier alpha value is -2.65. The highest BCUT2D eigenvalue weighted by Crippen LogP contribution is 2.44. The number of amides is 1. The van der Waals surface area contributed by atoms with Crippen molar-refractivity contribution in [3.05, 3.63) is 52.3 Å². The second-order valence-electron chi connectivity index (χ2n) is 8.41. The molecule has 3 N–H and O–H groups in total. The molecule has 0 saturated carbocycles. The number of benzene rings is 1. The summed E-state index contributed by atoms with van der Waals surface area (Å²) in [5.41, 5.74) is 8.15. The lowest BCUT2D eigenvalue weighted by atomic mass is 10.00. The molecule has 32 heavy (non-hydrogen) atoms. The van der Waals surface area contributed by atoms with Crippen LogP contribution in [0.15, 0.2) is 35.5 Å². The summed E-state index contributed by atoms with van der Waals surface area (Å²) in [4.78, 5) is 21.6. The summed E-state index contributed by atoms with van der Waals surface area (Å²) in [6.45, 7) is 5.31. The highest BCUT2D eigenvalue weighted by atomic mass is 35.5. The van der Waals surface area contributed by atoms with Crippen LogP contribution in [-0.4, -0.2) is 41.7 Å². The Morgan fingerprint density at radius 1 is 1.34 bits per heavy atom. The van der Waals surface area contributed by atoms with E-state index in [9.17, 15) is 13.2 Å². The fourth-order valence-corrected chi connectivity index (χ4v) is 6.32. The predicted molar refractivity (Wildman–Crippen MR) is 124 cm³/mol. The smallest absolute Gasteiger partial charge is 0.274 e. The largest absolute Gasteiger partial charge is 0.493 e. The van der Waals surface area contributed by atoms with E-state index in [2.05, 4.69) is 15.3 Å². The number of pyridine rings is 1. The fourth-order valence-electron chi connectivity index (χ4n) is 4.08. The van der Waals surface area contributed by atoms with Crippen LogP contribution in [0.2, 0.25) is 5.02 Å². The van der Waals surface area contributed by atoms with Crippen molar-refractivity contribution in [1.82, 2.24) is 4.98 Å². The summed E-state index contributed by atoms with van der Waals surface area (Å²) in [6.07, 6.45) is 2.33. The Morgan fingerprint density at radius 3 is 2.81 bits per heavy atom. The quantitative estimate of drug-likeness (QED) is 0.700. The topological polar surface area (TPSA) is 124 Å². The number of rotatable bonds is 3. The van der Waals surface area contributed by atoms with E-state index < -0.39 is 25.9 Å². The molecule has 10 heteroatoms. The molecule has 170 valence electrons. The number of aromatic nitrogens is 1. The van der Waals surface area contributed by atoms with Crippen LogP contribution in [0.1, 0.15) is 54.8 Å². The van der Waals surface area contributed by atoms with Gasteiger partial charge in [-0.2, -0.15) is 0 Å². The van der Waals surface area contributed by atoms with Crippen LogP contribution in [0, 0.1) is 0 Å². The highest BCUT2D eigenvalue weighted by Gasteiger charge is 2.52. The Bertz CT molecular complexity index is 1230. The minimum atomic E-state index is -3.61. The van der Waals surface area contributed by atoms with Crippen molar-refractivity contribution < 1.29 is 17.9 Å². The number of anilines is 1. The maximum Gasteiger partial charge on any atom is 0.274 e. The molecule has 1 aromatic heterocycles. The zero-order chi connectivity index (χ0) is 23.3. The standard InChI is InChI=1S/C22H25ClN4O4S/c1-4-12-9-13(23)11-25-18(12)20(28)26-14-5-6-16-15(10-14)19-17(7-8-31-16)32(29,30)22(2,3)21(24)27-19/h5-6,9-11,17,19H,4,7-8H2,1-3H3,(H2,24,27)(H,26,28). The summed E-state index contributed by atoms with van der Waals surface area (Å²) in [6, 6.07) is 6.11. The number of nitrogens with two attached hydrogens (primary N) is 1. The van der Waals surface area contributed by atoms with Gasteiger partial charge >= 0.3 is 0 Å². The summed E-state index contributed by atoms with van der Waals surface area (Å²) >= 11 is 6.00. The molecule has 0 fully saturated rings. The van der Waals surface area contributed by atoms with E-state index in [1.54, 1.807) is 38.1 Å². The number of carbonyl (C=O) groups is 1. The zero-order valence-electron chi connectivity index (χ0n) is 18.1. The molecule has 4 rings (SSSR count). The van der Waals surface area contributed by atoms with Gasteiger partial charge in [0.15, 0.2) is 9.84 Å². The zero-order valence-corrected chi connectivity index (χ0v) is 19.6. The van der Waals surface area contributed by atoms with Crippen molar-refractivity contribution in [3.63, 3.8) is 0 Å². The number of sulfone groups is 1. The molecule has 2 atom stereocenters. The number of fused-ring (bicyclic) bond motifs is 3. The molecule has 0 spiro atoms. The second kappa shape index (κ2) is 8.04. The summed E-state index contributed by atoms with van der Waals surface area (Å²) in [5, 5.41) is 2.54. The van der Waals surface area contributed by atoms with Gasteiger partial charge in [-0.1, -0.05) is 18.5 Å². The first kappa shape index (κ1) is 22.5. The van der Waals surface area contributed by atoms with Crippen LogP contribution in [-0.2, 0) is 16.3 Å². The Balaban J connectivity index is 1.72. The molecule has 2 unspecified atom stereocenters. The van der Waals surface area contributed by atoms with E-state index >= 15 is 0 Å². The second-order valence-corrected chi connectivity index (χ2v) is 11.6. The summed E-state index contributed by atoms with van der Waals surface area (Å²) in [5.74, 6) is 0.213. The third-order valence-electron chi connectivity index (χ3n) is 6.13. The first-order valence-corrected chi connectivity index (χ1v) is 12.3. The monoisotopic (exact) mass is 476 g/mol. The lowest BCUT2D eigenvalue weighted by Crippen LogP contribution is -2.54. The van der Waals surface area contributed by atoms with E-state index in [0.29, 0.717) is 34.9 Å². The van der Waals surface area contributed by atoms with Crippen molar-refractivity contribution in [2.45, 2.75) is 49.7 Å². The van der Waals surface area contributed by atoms with Crippen LogP contribution >= 0.6 is 11.6 Å². The molecule has 8 nitrogen and oxygen atoms in total. The number of halogens is 1. The minimum absolute atomic E-state index is 0.0685. The van der Waals surface area contributed by atoms with Gasteiger partial charge in [-0.25, -0.2) is 13.4 Å². The first-order chi connectivity index (χ1) is 15.1. The number of nitrogens with zero attached hydrogens (tertiary/aromatic N) is 2. The number of amidine groups is 1. The fraction of sp³-hybridized carbons (Fsp3) is 0.409. The Labute approximate surface area is 192 Å². The molecule has 2 aliphatic rings. The van der Waals surface area contributed by atoms with Crippen molar-refractivity contribution in [3.8, 4) is 5.75 Å². The van der Waals surface area contributed by atoms with Gasteiger partial charge in [0.25, 0.3) is 5.91 Å². The molecular weight excluding hydrogens is 452 g/mol. The molecule has 2 aromatic rings. The Kier molecular flexibility index (Phi) is 5.67. The van der Waals surface area contributed by atoms with E-state index in [4.69, 9.17) is 22.1 Å². The van der Waals surface area contributed by atoms with Crippen LogP contribution < -0.4 is 15.8 Å². The minimum Gasteiger partial charge on any atom is -0.493 e. The van der Waals surface area contributed by atoms with Gasteiger partial charge in [-0.05, 0) is 50.1 Å². The molecule has 2 aliphatic heterocycles. The van der Waals surface area contributed by atoms with Crippen molar-refractivity contribution in [1.29, 1.82) is 0 Å². The number of nitrogens with one attached hydrogen (secondary N) is 1. The number of carbonyl (C=O) groups excluding carboxylic acids is 1. The number of aryl methyl sites for hydroxylation is 1. The number of hydrogen-bond donors (Lipinski definition) is 2. The predicted octanol–water partition coefficient (Wildman–Crippen LogP) is 3.31. The van der Waals surface area contributed by atoms with Crippen LogP contribution in [0.3, 0.4) is 0 Å². The van der Waals surface area contributed by atoms with Crippen molar-refractivity contribution >= 4 is 38.9 Å². The van der Waals surface area contributed by atoms with Gasteiger partial charge in [-0.15, -0.1) is 0 Å². The molecular formula is C22H25ClN4O4S. The van der Waals surface area contributed by atoms with Gasteiger partial charge in [0, 0.05) is 23.9 Å². The van der Waals surface area contributed by atoms with Gasteiger partial charge < -0.3 is 15.8 Å². The number of hydrogen-bond acceptors (Lipinski definition) is 7. The van der Waals surface area contributed by atoms with Gasteiger partial charge in [0.1, 0.15) is 22.0 Å². The Morgan fingerprint density at radius 2 is 2.09 bits per heavy atom.